The third kappa shape index (κ3) is 2.29. The van der Waals surface area contributed by atoms with Crippen LogP contribution in [-0.2, 0) is 6.54 Å². The quantitative estimate of drug-likeness (QED) is 0.741. The zero-order valence-electron chi connectivity index (χ0n) is 12.7. The van der Waals surface area contributed by atoms with E-state index in [1.54, 1.807) is 0 Å². The number of rotatable bonds is 3. The summed E-state index contributed by atoms with van der Waals surface area (Å²) in [6.45, 7) is 2.89. The molecule has 0 bridgehead atoms. The van der Waals surface area contributed by atoms with Crippen LogP contribution in [0.25, 0.3) is 22.4 Å². The van der Waals surface area contributed by atoms with E-state index in [9.17, 15) is 0 Å². The van der Waals surface area contributed by atoms with Crippen molar-refractivity contribution in [2.75, 3.05) is 6.79 Å². The molecule has 114 valence electrons. The molecule has 0 radical (unpaired) electrons. The third-order valence-electron chi connectivity index (χ3n) is 3.97. The van der Waals surface area contributed by atoms with Gasteiger partial charge in [-0.3, -0.25) is 0 Å². The molecule has 4 rings (SSSR count). The predicted octanol–water partition coefficient (Wildman–Crippen LogP) is 3.65. The highest BCUT2D eigenvalue weighted by Crippen LogP contribution is 2.37. The Labute approximate surface area is 133 Å². The standard InChI is InChI=1S/C18H15N3O2/c1-12-4-2-5-13(8-12)18-20-14-9-16-17(23-11-22-16)10-15(14)21(18)7-3-6-19/h2,4-5,8-10H,3,7,11H2,1H3. The van der Waals surface area contributed by atoms with Crippen LogP contribution in [0.2, 0.25) is 0 Å². The minimum atomic E-state index is 0.241. The van der Waals surface area contributed by atoms with Gasteiger partial charge in [-0.15, -0.1) is 0 Å². The SMILES string of the molecule is Cc1cccc(-c2nc3cc4c(cc3n2CCC#N)OCO4)c1. The van der Waals surface area contributed by atoms with Crippen LogP contribution in [0.1, 0.15) is 12.0 Å². The maximum Gasteiger partial charge on any atom is 0.231 e. The molecule has 0 saturated carbocycles. The van der Waals surface area contributed by atoms with Crippen LogP contribution in [0.5, 0.6) is 11.5 Å². The fourth-order valence-electron chi connectivity index (χ4n) is 2.91. The second-order valence-corrected chi connectivity index (χ2v) is 5.56. The van der Waals surface area contributed by atoms with Crippen molar-refractivity contribution in [3.8, 4) is 29.0 Å². The van der Waals surface area contributed by atoms with Crippen molar-refractivity contribution in [1.29, 1.82) is 5.26 Å². The van der Waals surface area contributed by atoms with E-state index in [1.807, 2.05) is 24.3 Å². The Morgan fingerprint density at radius 2 is 2.04 bits per heavy atom. The summed E-state index contributed by atoms with van der Waals surface area (Å²) in [5.74, 6) is 2.31. The highest BCUT2D eigenvalue weighted by Gasteiger charge is 2.19. The number of aryl methyl sites for hydroxylation is 2. The topological polar surface area (TPSA) is 60.1 Å². The fourth-order valence-corrected chi connectivity index (χ4v) is 2.91. The van der Waals surface area contributed by atoms with Gasteiger partial charge in [0.05, 0.1) is 23.5 Å². The van der Waals surface area contributed by atoms with Crippen LogP contribution in [0.4, 0.5) is 0 Å². The van der Waals surface area contributed by atoms with E-state index >= 15 is 0 Å². The molecule has 0 saturated heterocycles. The second-order valence-electron chi connectivity index (χ2n) is 5.56. The highest BCUT2D eigenvalue weighted by atomic mass is 16.7. The largest absolute Gasteiger partial charge is 0.454 e. The van der Waals surface area contributed by atoms with E-state index in [1.165, 1.54) is 5.56 Å². The summed E-state index contributed by atoms with van der Waals surface area (Å²) >= 11 is 0. The lowest BCUT2D eigenvalue weighted by molar-refractivity contribution is 0.174. The molecular weight excluding hydrogens is 290 g/mol. The van der Waals surface area contributed by atoms with Crippen molar-refractivity contribution in [3.05, 3.63) is 42.0 Å². The summed E-state index contributed by atoms with van der Waals surface area (Å²) < 4.78 is 13.0. The molecule has 3 aromatic rings. The first-order valence-corrected chi connectivity index (χ1v) is 7.50. The Balaban J connectivity index is 1.94. The van der Waals surface area contributed by atoms with Gasteiger partial charge in [0.15, 0.2) is 11.5 Å². The lowest BCUT2D eigenvalue weighted by Crippen LogP contribution is -2.00. The molecule has 23 heavy (non-hydrogen) atoms. The Hall–Kier alpha value is -3.00. The van der Waals surface area contributed by atoms with E-state index in [2.05, 4.69) is 29.7 Å². The summed E-state index contributed by atoms with van der Waals surface area (Å²) in [5.41, 5.74) is 4.03. The van der Waals surface area contributed by atoms with E-state index in [0.717, 1.165) is 33.9 Å². The molecule has 0 atom stereocenters. The predicted molar refractivity (Wildman–Crippen MR) is 86.3 cm³/mol. The number of hydrogen-bond donors (Lipinski definition) is 0. The molecule has 1 aromatic heterocycles. The van der Waals surface area contributed by atoms with Gasteiger partial charge >= 0.3 is 0 Å². The molecule has 1 aliphatic heterocycles. The maximum atomic E-state index is 8.97. The van der Waals surface area contributed by atoms with E-state index in [4.69, 9.17) is 19.7 Å². The van der Waals surface area contributed by atoms with Crippen molar-refractivity contribution in [2.24, 2.45) is 0 Å². The molecule has 0 unspecified atom stereocenters. The molecular formula is C18H15N3O2. The van der Waals surface area contributed by atoms with Crippen molar-refractivity contribution >= 4 is 11.0 Å². The van der Waals surface area contributed by atoms with E-state index in [0.29, 0.717) is 13.0 Å². The van der Waals surface area contributed by atoms with Gasteiger partial charge in [0, 0.05) is 24.2 Å². The van der Waals surface area contributed by atoms with Gasteiger partial charge in [-0.2, -0.15) is 5.26 Å². The summed E-state index contributed by atoms with van der Waals surface area (Å²) in [6, 6.07) is 14.3. The molecule has 0 amide bonds. The molecule has 2 heterocycles. The van der Waals surface area contributed by atoms with Crippen molar-refractivity contribution in [3.63, 3.8) is 0 Å². The van der Waals surface area contributed by atoms with Crippen molar-refractivity contribution in [2.45, 2.75) is 19.9 Å². The van der Waals surface area contributed by atoms with Crippen LogP contribution in [0.15, 0.2) is 36.4 Å². The van der Waals surface area contributed by atoms with Gasteiger partial charge in [-0.05, 0) is 13.0 Å². The fraction of sp³-hybridized carbons (Fsp3) is 0.222. The van der Waals surface area contributed by atoms with Gasteiger partial charge in [-0.1, -0.05) is 23.8 Å². The first kappa shape index (κ1) is 13.6. The third-order valence-corrected chi connectivity index (χ3v) is 3.97. The number of imidazole rings is 1. The monoisotopic (exact) mass is 305 g/mol. The Bertz CT molecular complexity index is 937. The number of nitrogens with zero attached hydrogens (tertiary/aromatic N) is 3. The van der Waals surface area contributed by atoms with Crippen molar-refractivity contribution in [1.82, 2.24) is 9.55 Å². The molecule has 0 N–H and O–H groups in total. The minimum Gasteiger partial charge on any atom is -0.454 e. The van der Waals surface area contributed by atoms with Gasteiger partial charge in [-0.25, -0.2) is 4.98 Å². The highest BCUT2D eigenvalue weighted by molar-refractivity contribution is 5.84. The number of nitriles is 1. The van der Waals surface area contributed by atoms with Crippen LogP contribution >= 0.6 is 0 Å². The van der Waals surface area contributed by atoms with E-state index in [-0.39, 0.29) is 6.79 Å². The minimum absolute atomic E-state index is 0.241. The normalized spacial score (nSPS) is 12.5. The molecule has 5 nitrogen and oxygen atoms in total. The Morgan fingerprint density at radius 3 is 2.83 bits per heavy atom. The molecule has 0 aliphatic carbocycles. The number of ether oxygens (including phenoxy) is 2. The molecule has 0 spiro atoms. The summed E-state index contributed by atoms with van der Waals surface area (Å²) in [5, 5.41) is 8.97. The van der Waals surface area contributed by atoms with Gasteiger partial charge < -0.3 is 14.0 Å². The number of benzene rings is 2. The summed E-state index contributed by atoms with van der Waals surface area (Å²) in [4.78, 5) is 4.77. The van der Waals surface area contributed by atoms with Gasteiger partial charge in [0.25, 0.3) is 0 Å². The summed E-state index contributed by atoms with van der Waals surface area (Å²) in [7, 11) is 0. The zero-order valence-corrected chi connectivity index (χ0v) is 12.7. The van der Waals surface area contributed by atoms with Crippen LogP contribution in [0, 0.1) is 18.3 Å². The van der Waals surface area contributed by atoms with E-state index < -0.39 is 0 Å². The Kier molecular flexibility index (Phi) is 3.16. The zero-order chi connectivity index (χ0) is 15.8. The smallest absolute Gasteiger partial charge is 0.231 e. The number of fused-ring (bicyclic) bond motifs is 2. The summed E-state index contributed by atoms with van der Waals surface area (Å²) in [6.07, 6.45) is 0.429. The van der Waals surface area contributed by atoms with Crippen LogP contribution < -0.4 is 9.47 Å². The molecule has 5 heteroatoms. The van der Waals surface area contributed by atoms with Gasteiger partial charge in [0.2, 0.25) is 6.79 Å². The first-order chi connectivity index (χ1) is 11.3. The van der Waals surface area contributed by atoms with Crippen LogP contribution in [-0.4, -0.2) is 16.3 Å². The lowest BCUT2D eigenvalue weighted by Gasteiger charge is -2.08. The molecule has 2 aromatic carbocycles. The molecule has 1 aliphatic rings. The maximum absolute atomic E-state index is 8.97. The van der Waals surface area contributed by atoms with Crippen LogP contribution in [0.3, 0.4) is 0 Å². The Morgan fingerprint density at radius 1 is 1.22 bits per heavy atom. The van der Waals surface area contributed by atoms with Crippen molar-refractivity contribution < 1.29 is 9.47 Å². The first-order valence-electron chi connectivity index (χ1n) is 7.50. The number of hydrogen-bond acceptors (Lipinski definition) is 4. The second kappa shape index (κ2) is 5.33. The van der Waals surface area contributed by atoms with Gasteiger partial charge in [0.1, 0.15) is 5.82 Å². The lowest BCUT2D eigenvalue weighted by atomic mass is 10.1. The average Bonchev–Trinajstić information content (AvgIpc) is 3.14. The molecule has 0 fully saturated rings. The number of aromatic nitrogens is 2. The average molecular weight is 305 g/mol.